The van der Waals surface area contributed by atoms with Crippen LogP contribution < -0.4 is 10.6 Å². The average Bonchev–Trinajstić information content (AvgIpc) is 2.64. The van der Waals surface area contributed by atoms with Crippen molar-refractivity contribution in [3.8, 4) is 0 Å². The second-order valence-corrected chi connectivity index (χ2v) is 8.17. The molecule has 29 heavy (non-hydrogen) atoms. The average molecular weight is 529 g/mol. The Balaban J connectivity index is 0.00000784. The molecule has 1 rings (SSSR count). The van der Waals surface area contributed by atoms with Gasteiger partial charge in [-0.05, 0) is 41.0 Å². The summed E-state index contributed by atoms with van der Waals surface area (Å²) in [5, 5.41) is 6.67. The van der Waals surface area contributed by atoms with Gasteiger partial charge in [0.2, 0.25) is 0 Å². The molecule has 0 aliphatic carbocycles. The number of hydrogen-bond donors (Lipinski definition) is 2. The van der Waals surface area contributed by atoms with Crippen LogP contribution >= 0.6 is 24.0 Å². The number of aliphatic imine (C=N–C) groups is 1. The lowest BCUT2D eigenvalue weighted by Gasteiger charge is -2.44. The summed E-state index contributed by atoms with van der Waals surface area (Å²) in [6.07, 6.45) is 2.81. The maximum atomic E-state index is 5.86. The van der Waals surface area contributed by atoms with Crippen molar-refractivity contribution in [2.75, 3.05) is 59.2 Å². The summed E-state index contributed by atoms with van der Waals surface area (Å²) < 4.78 is 17.0. The summed E-state index contributed by atoms with van der Waals surface area (Å²) in [7, 11) is 0. The highest BCUT2D eigenvalue weighted by Gasteiger charge is 2.33. The zero-order chi connectivity index (χ0) is 20.8. The summed E-state index contributed by atoms with van der Waals surface area (Å²) >= 11 is 0. The van der Waals surface area contributed by atoms with Crippen LogP contribution in [0.2, 0.25) is 0 Å². The molecule has 0 bridgehead atoms. The minimum atomic E-state index is -0.0129. The highest BCUT2D eigenvalue weighted by atomic mass is 127. The molecule has 2 N–H and O–H groups in total. The third-order valence-corrected chi connectivity index (χ3v) is 4.80. The van der Waals surface area contributed by atoms with E-state index in [4.69, 9.17) is 19.2 Å². The van der Waals surface area contributed by atoms with Crippen molar-refractivity contribution in [3.63, 3.8) is 0 Å². The molecule has 2 unspecified atom stereocenters. The van der Waals surface area contributed by atoms with Crippen molar-refractivity contribution in [2.24, 2.45) is 4.99 Å². The molecule has 174 valence electrons. The van der Waals surface area contributed by atoms with Gasteiger partial charge in [0.1, 0.15) is 0 Å². The van der Waals surface area contributed by atoms with Crippen LogP contribution in [0.15, 0.2) is 4.99 Å². The van der Waals surface area contributed by atoms with Crippen LogP contribution in [0.1, 0.15) is 54.4 Å². The molecule has 0 aromatic heterocycles. The van der Waals surface area contributed by atoms with Crippen molar-refractivity contribution in [3.05, 3.63) is 0 Å². The Kier molecular flexibility index (Phi) is 16.4. The fourth-order valence-corrected chi connectivity index (χ4v) is 3.20. The van der Waals surface area contributed by atoms with Gasteiger partial charge in [-0.25, -0.2) is 0 Å². The number of hydrogen-bond acceptors (Lipinski definition) is 5. The maximum Gasteiger partial charge on any atom is 0.191 e. The minimum Gasteiger partial charge on any atom is -0.379 e. The van der Waals surface area contributed by atoms with E-state index < -0.39 is 0 Å². The van der Waals surface area contributed by atoms with Gasteiger partial charge in [0.05, 0.1) is 38.6 Å². The van der Waals surface area contributed by atoms with Gasteiger partial charge in [-0.15, -0.1) is 24.0 Å². The highest BCUT2D eigenvalue weighted by Crippen LogP contribution is 2.21. The van der Waals surface area contributed by atoms with E-state index in [1.54, 1.807) is 0 Å². The third kappa shape index (κ3) is 13.0. The van der Waals surface area contributed by atoms with Crippen LogP contribution in [0.5, 0.6) is 0 Å². The minimum absolute atomic E-state index is 0. The number of unbranched alkanes of at least 4 members (excludes halogenated alkanes) is 1. The summed E-state index contributed by atoms with van der Waals surface area (Å²) in [6.45, 7) is 20.0. The van der Waals surface area contributed by atoms with Crippen molar-refractivity contribution in [1.82, 2.24) is 15.5 Å². The Morgan fingerprint density at radius 1 is 1.03 bits per heavy atom. The van der Waals surface area contributed by atoms with E-state index in [0.717, 1.165) is 58.1 Å². The summed E-state index contributed by atoms with van der Waals surface area (Å²) in [4.78, 5) is 7.30. The van der Waals surface area contributed by atoms with Crippen LogP contribution in [-0.4, -0.2) is 87.8 Å². The lowest BCUT2D eigenvalue weighted by Crippen LogP contribution is -2.56. The van der Waals surface area contributed by atoms with Gasteiger partial charge in [0, 0.05) is 38.3 Å². The number of morpholine rings is 1. The Morgan fingerprint density at radius 2 is 1.66 bits per heavy atom. The van der Waals surface area contributed by atoms with Crippen molar-refractivity contribution in [2.45, 2.75) is 72.1 Å². The molecule has 0 amide bonds. The molecule has 0 radical (unpaired) electrons. The van der Waals surface area contributed by atoms with Gasteiger partial charge in [-0.3, -0.25) is 9.89 Å². The first-order valence-electron chi connectivity index (χ1n) is 11.0. The number of halogens is 1. The van der Waals surface area contributed by atoms with E-state index in [1.807, 2.05) is 0 Å². The molecule has 0 aromatic carbocycles. The molecule has 1 aliphatic heterocycles. The SMILES string of the molecule is CCCCOCCOCCNC(=NCC(C)(C)N1CC(C)OC(C)C1)NCC.I. The van der Waals surface area contributed by atoms with E-state index in [9.17, 15) is 0 Å². The fraction of sp³-hybridized carbons (Fsp3) is 0.952. The van der Waals surface area contributed by atoms with Crippen LogP contribution in [0.3, 0.4) is 0 Å². The molecule has 0 aromatic rings. The smallest absolute Gasteiger partial charge is 0.191 e. The predicted molar refractivity (Wildman–Crippen MR) is 132 cm³/mol. The van der Waals surface area contributed by atoms with Gasteiger partial charge in [-0.2, -0.15) is 0 Å². The maximum absolute atomic E-state index is 5.86. The van der Waals surface area contributed by atoms with Gasteiger partial charge >= 0.3 is 0 Å². The molecule has 0 saturated carbocycles. The first-order chi connectivity index (χ1) is 13.4. The Labute approximate surface area is 195 Å². The molecule has 1 fully saturated rings. The molecule has 0 spiro atoms. The number of nitrogens with one attached hydrogen (secondary N) is 2. The van der Waals surface area contributed by atoms with E-state index >= 15 is 0 Å². The number of ether oxygens (including phenoxy) is 3. The highest BCUT2D eigenvalue weighted by molar-refractivity contribution is 14.0. The van der Waals surface area contributed by atoms with E-state index in [2.05, 4.69) is 57.1 Å². The van der Waals surface area contributed by atoms with Gasteiger partial charge in [-0.1, -0.05) is 13.3 Å². The Morgan fingerprint density at radius 3 is 2.24 bits per heavy atom. The lowest BCUT2D eigenvalue weighted by atomic mass is 10.0. The second kappa shape index (κ2) is 16.5. The van der Waals surface area contributed by atoms with Crippen molar-refractivity contribution in [1.29, 1.82) is 0 Å². The number of guanidine groups is 1. The van der Waals surface area contributed by atoms with Gasteiger partial charge < -0.3 is 24.8 Å². The van der Waals surface area contributed by atoms with Crippen LogP contribution in [-0.2, 0) is 14.2 Å². The molecule has 1 aliphatic rings. The van der Waals surface area contributed by atoms with E-state index in [1.165, 1.54) is 0 Å². The molecular weight excluding hydrogens is 483 g/mol. The molecule has 2 atom stereocenters. The van der Waals surface area contributed by atoms with E-state index in [0.29, 0.717) is 19.8 Å². The predicted octanol–water partition coefficient (Wildman–Crippen LogP) is 2.88. The van der Waals surface area contributed by atoms with Crippen LogP contribution in [0.25, 0.3) is 0 Å². The first-order valence-corrected chi connectivity index (χ1v) is 11.0. The Hall–Kier alpha value is -0.160. The Bertz CT molecular complexity index is 428. The van der Waals surface area contributed by atoms with Crippen molar-refractivity contribution >= 4 is 29.9 Å². The topological polar surface area (TPSA) is 67.4 Å². The standard InChI is InChI=1S/C21H44N4O3.HI/c1-7-9-11-26-13-14-27-12-10-23-20(22-8-2)24-17-21(5,6)25-15-18(3)28-19(4)16-25;/h18-19H,7-17H2,1-6H3,(H2,22,23,24);1H. The number of rotatable bonds is 13. The monoisotopic (exact) mass is 528 g/mol. The summed E-state index contributed by atoms with van der Waals surface area (Å²) in [6, 6.07) is 0. The largest absolute Gasteiger partial charge is 0.379 e. The van der Waals surface area contributed by atoms with Gasteiger partial charge in [0.15, 0.2) is 5.96 Å². The lowest BCUT2D eigenvalue weighted by molar-refractivity contribution is -0.0939. The van der Waals surface area contributed by atoms with Crippen molar-refractivity contribution < 1.29 is 14.2 Å². The molecule has 7 nitrogen and oxygen atoms in total. The zero-order valence-electron chi connectivity index (χ0n) is 19.5. The fourth-order valence-electron chi connectivity index (χ4n) is 3.20. The normalized spacial score (nSPS) is 21.0. The molecule has 8 heteroatoms. The van der Waals surface area contributed by atoms with Crippen LogP contribution in [0, 0.1) is 0 Å². The number of nitrogens with zero attached hydrogens (tertiary/aromatic N) is 2. The van der Waals surface area contributed by atoms with Gasteiger partial charge in [0.25, 0.3) is 0 Å². The molecular formula is C21H45IN4O3. The summed E-state index contributed by atoms with van der Waals surface area (Å²) in [5.41, 5.74) is -0.0129. The third-order valence-electron chi connectivity index (χ3n) is 4.80. The molecule has 1 heterocycles. The van der Waals surface area contributed by atoms with E-state index in [-0.39, 0.29) is 41.7 Å². The quantitative estimate of drug-likeness (QED) is 0.166. The first kappa shape index (κ1) is 28.8. The zero-order valence-corrected chi connectivity index (χ0v) is 21.8. The second-order valence-electron chi connectivity index (χ2n) is 8.17. The summed E-state index contributed by atoms with van der Waals surface area (Å²) in [5.74, 6) is 0.840. The molecule has 1 saturated heterocycles. The van der Waals surface area contributed by atoms with Crippen LogP contribution in [0.4, 0.5) is 0 Å².